The predicted octanol–water partition coefficient (Wildman–Crippen LogP) is 3.60. The molecule has 21 heavy (non-hydrogen) atoms. The van der Waals surface area contributed by atoms with Crippen molar-refractivity contribution >= 4 is 49.2 Å². The third-order valence-corrected chi connectivity index (χ3v) is 4.76. The summed E-state index contributed by atoms with van der Waals surface area (Å²) in [6.07, 6.45) is 0. The Morgan fingerprint density at radius 1 is 1.19 bits per heavy atom. The number of carbonyl (C=O) groups is 1. The van der Waals surface area contributed by atoms with Crippen LogP contribution in [0.2, 0.25) is 5.02 Å². The highest BCUT2D eigenvalue weighted by Crippen LogP contribution is 2.23. The lowest BCUT2D eigenvalue weighted by atomic mass is 10.2. The largest absolute Gasteiger partial charge is 0.478 e. The van der Waals surface area contributed by atoms with Crippen molar-refractivity contribution in [3.8, 4) is 0 Å². The van der Waals surface area contributed by atoms with Gasteiger partial charge in [0.05, 0.1) is 15.5 Å². The fourth-order valence-electron chi connectivity index (χ4n) is 1.60. The van der Waals surface area contributed by atoms with Crippen molar-refractivity contribution in [1.82, 2.24) is 0 Å². The van der Waals surface area contributed by atoms with E-state index in [-0.39, 0.29) is 15.5 Å². The Hall–Kier alpha value is -1.57. The van der Waals surface area contributed by atoms with Crippen LogP contribution >= 0.6 is 27.5 Å². The number of hydrogen-bond acceptors (Lipinski definition) is 3. The molecule has 0 unspecified atom stereocenters. The van der Waals surface area contributed by atoms with Crippen molar-refractivity contribution < 1.29 is 18.3 Å². The highest BCUT2D eigenvalue weighted by molar-refractivity contribution is 9.10. The molecule has 0 aliphatic heterocycles. The van der Waals surface area contributed by atoms with Crippen LogP contribution in [0.1, 0.15) is 10.4 Å². The lowest BCUT2D eigenvalue weighted by Gasteiger charge is -2.09. The van der Waals surface area contributed by atoms with Gasteiger partial charge in [-0.15, -0.1) is 0 Å². The van der Waals surface area contributed by atoms with E-state index >= 15 is 0 Å². The summed E-state index contributed by atoms with van der Waals surface area (Å²) in [6.45, 7) is 0. The zero-order valence-electron chi connectivity index (χ0n) is 10.4. The van der Waals surface area contributed by atoms with E-state index in [0.29, 0.717) is 10.2 Å². The van der Waals surface area contributed by atoms with Crippen molar-refractivity contribution in [2.24, 2.45) is 0 Å². The number of aromatic carboxylic acids is 1. The lowest BCUT2D eigenvalue weighted by molar-refractivity contribution is 0.0697. The van der Waals surface area contributed by atoms with Crippen LogP contribution in [0.3, 0.4) is 0 Å². The highest BCUT2D eigenvalue weighted by Gasteiger charge is 2.18. The van der Waals surface area contributed by atoms with Gasteiger partial charge in [0.2, 0.25) is 0 Å². The molecule has 0 atom stereocenters. The van der Waals surface area contributed by atoms with E-state index in [1.54, 1.807) is 24.3 Å². The number of carboxylic acid groups (broad SMARTS) is 1. The van der Waals surface area contributed by atoms with Crippen molar-refractivity contribution in [2.75, 3.05) is 4.72 Å². The fourth-order valence-corrected chi connectivity index (χ4v) is 3.27. The van der Waals surface area contributed by atoms with E-state index in [4.69, 9.17) is 16.7 Å². The molecule has 0 aliphatic rings. The van der Waals surface area contributed by atoms with Crippen molar-refractivity contribution in [2.45, 2.75) is 4.90 Å². The molecular formula is C13H9BrClNO4S. The molecule has 0 bridgehead atoms. The van der Waals surface area contributed by atoms with Crippen molar-refractivity contribution in [3.05, 3.63) is 57.5 Å². The topological polar surface area (TPSA) is 83.5 Å². The standard InChI is InChI=1S/C13H9BrClNO4S/c14-8-2-1-3-9(6-8)16-21(19,20)10-4-5-12(15)11(7-10)13(17)18/h1-7,16H,(H,17,18). The molecule has 0 saturated carbocycles. The van der Waals surface area contributed by atoms with E-state index in [0.717, 1.165) is 6.07 Å². The summed E-state index contributed by atoms with van der Waals surface area (Å²) in [5, 5.41) is 8.95. The lowest BCUT2D eigenvalue weighted by Crippen LogP contribution is -2.14. The van der Waals surface area contributed by atoms with Crippen LogP contribution in [0.15, 0.2) is 51.8 Å². The van der Waals surface area contributed by atoms with E-state index in [1.165, 1.54) is 12.1 Å². The van der Waals surface area contributed by atoms with E-state index in [1.807, 2.05) is 0 Å². The minimum atomic E-state index is -3.90. The number of hydrogen-bond donors (Lipinski definition) is 2. The molecule has 0 spiro atoms. The SMILES string of the molecule is O=C(O)c1cc(S(=O)(=O)Nc2cccc(Br)c2)ccc1Cl. The maximum absolute atomic E-state index is 12.2. The van der Waals surface area contributed by atoms with Crippen molar-refractivity contribution in [1.29, 1.82) is 0 Å². The first-order valence-corrected chi connectivity index (χ1v) is 8.26. The molecule has 0 fully saturated rings. The summed E-state index contributed by atoms with van der Waals surface area (Å²) >= 11 is 8.96. The second-order valence-electron chi connectivity index (χ2n) is 4.06. The van der Waals surface area contributed by atoms with Crippen LogP contribution in [0.5, 0.6) is 0 Å². The van der Waals surface area contributed by atoms with Crippen molar-refractivity contribution in [3.63, 3.8) is 0 Å². The van der Waals surface area contributed by atoms with Crippen LogP contribution < -0.4 is 4.72 Å². The first-order chi connectivity index (χ1) is 9.79. The number of anilines is 1. The summed E-state index contributed by atoms with van der Waals surface area (Å²) < 4.78 is 27.6. The average molecular weight is 391 g/mol. The van der Waals surface area contributed by atoms with E-state index in [9.17, 15) is 13.2 Å². The summed E-state index contributed by atoms with van der Waals surface area (Å²) in [5.41, 5.74) is 0.0879. The number of halogens is 2. The van der Waals surface area contributed by atoms with Crippen LogP contribution in [0.4, 0.5) is 5.69 Å². The zero-order valence-corrected chi connectivity index (χ0v) is 13.5. The maximum atomic E-state index is 12.2. The van der Waals surface area contributed by atoms with Crippen LogP contribution in [0.25, 0.3) is 0 Å². The molecule has 0 aliphatic carbocycles. The van der Waals surface area contributed by atoms with Gasteiger partial charge in [0.15, 0.2) is 0 Å². The zero-order chi connectivity index (χ0) is 15.6. The van der Waals surface area contributed by atoms with Gasteiger partial charge >= 0.3 is 5.97 Å². The molecule has 8 heteroatoms. The number of rotatable bonds is 4. The smallest absolute Gasteiger partial charge is 0.337 e. The van der Waals surface area contributed by atoms with Gasteiger partial charge in [0, 0.05) is 10.2 Å². The second-order valence-corrected chi connectivity index (χ2v) is 7.07. The molecule has 0 radical (unpaired) electrons. The van der Waals surface area contributed by atoms with Gasteiger partial charge in [-0.3, -0.25) is 4.72 Å². The monoisotopic (exact) mass is 389 g/mol. The number of benzene rings is 2. The number of carboxylic acids is 1. The Morgan fingerprint density at radius 2 is 1.90 bits per heavy atom. The third-order valence-electron chi connectivity index (χ3n) is 2.56. The highest BCUT2D eigenvalue weighted by atomic mass is 79.9. The van der Waals surface area contributed by atoms with Gasteiger partial charge in [-0.1, -0.05) is 33.6 Å². The fraction of sp³-hybridized carbons (Fsp3) is 0. The molecule has 5 nitrogen and oxygen atoms in total. The molecule has 0 heterocycles. The molecular weight excluding hydrogens is 382 g/mol. The Balaban J connectivity index is 2.40. The van der Waals surface area contributed by atoms with Gasteiger partial charge in [0.25, 0.3) is 10.0 Å². The Kier molecular flexibility index (Phi) is 4.55. The molecule has 110 valence electrons. The molecule has 2 N–H and O–H groups in total. The molecule has 2 aromatic carbocycles. The van der Waals surface area contributed by atoms with Gasteiger partial charge in [-0.25, -0.2) is 13.2 Å². The number of nitrogens with one attached hydrogen (secondary N) is 1. The Labute approximate surface area is 134 Å². The van der Waals surface area contributed by atoms with Gasteiger partial charge in [-0.05, 0) is 36.4 Å². The molecule has 2 rings (SSSR count). The van der Waals surface area contributed by atoms with E-state index < -0.39 is 16.0 Å². The minimum Gasteiger partial charge on any atom is -0.478 e. The Morgan fingerprint density at radius 3 is 2.52 bits per heavy atom. The summed E-state index contributed by atoms with van der Waals surface area (Å²) in [4.78, 5) is 10.8. The first-order valence-electron chi connectivity index (χ1n) is 5.61. The average Bonchev–Trinajstić information content (AvgIpc) is 2.38. The Bertz CT molecular complexity index is 808. The first kappa shape index (κ1) is 15.8. The normalized spacial score (nSPS) is 11.1. The van der Waals surface area contributed by atoms with Crippen LogP contribution in [-0.4, -0.2) is 19.5 Å². The minimum absolute atomic E-state index is 0.0242. The maximum Gasteiger partial charge on any atom is 0.337 e. The van der Waals surface area contributed by atoms with Gasteiger partial charge in [0.1, 0.15) is 0 Å². The van der Waals surface area contributed by atoms with Gasteiger partial charge < -0.3 is 5.11 Å². The predicted molar refractivity (Wildman–Crippen MR) is 83.4 cm³/mol. The number of sulfonamides is 1. The second kappa shape index (κ2) is 6.05. The molecule has 0 saturated heterocycles. The third kappa shape index (κ3) is 3.75. The summed E-state index contributed by atoms with van der Waals surface area (Å²) in [6, 6.07) is 10.1. The summed E-state index contributed by atoms with van der Waals surface area (Å²) in [7, 11) is -3.90. The van der Waals surface area contributed by atoms with E-state index in [2.05, 4.69) is 20.7 Å². The van der Waals surface area contributed by atoms with Crippen LogP contribution in [0, 0.1) is 0 Å². The van der Waals surface area contributed by atoms with Crippen LogP contribution in [-0.2, 0) is 10.0 Å². The molecule has 0 aromatic heterocycles. The van der Waals surface area contributed by atoms with Gasteiger partial charge in [-0.2, -0.15) is 0 Å². The summed E-state index contributed by atoms with van der Waals surface area (Å²) in [5.74, 6) is -1.29. The molecule has 0 amide bonds. The molecule has 2 aromatic rings. The quantitative estimate of drug-likeness (QED) is 0.835.